The highest BCUT2D eigenvalue weighted by Gasteiger charge is 2.45. The normalized spacial score (nSPS) is 20.4. The summed E-state index contributed by atoms with van der Waals surface area (Å²) in [4.78, 5) is 40.4. The lowest BCUT2D eigenvalue weighted by Gasteiger charge is -2.30. The Kier molecular flexibility index (Phi) is 4.84. The highest BCUT2D eigenvalue weighted by molar-refractivity contribution is 6.05. The Morgan fingerprint density at radius 3 is 2.59 bits per heavy atom. The highest BCUT2D eigenvalue weighted by atomic mass is 16.5. The second kappa shape index (κ2) is 7.46. The van der Waals surface area contributed by atoms with E-state index in [4.69, 9.17) is 9.47 Å². The number of carboxylic acids is 1. The van der Waals surface area contributed by atoms with Gasteiger partial charge in [-0.1, -0.05) is 12.1 Å². The van der Waals surface area contributed by atoms with Crippen LogP contribution in [0.1, 0.15) is 16.8 Å². The number of anilines is 1. The summed E-state index contributed by atoms with van der Waals surface area (Å²) in [7, 11) is 1.54. The fourth-order valence-corrected chi connectivity index (χ4v) is 3.80. The van der Waals surface area contributed by atoms with Crippen LogP contribution in [0.15, 0.2) is 48.5 Å². The van der Waals surface area contributed by atoms with Gasteiger partial charge in [0.25, 0.3) is 11.8 Å². The molecule has 2 amide bonds. The van der Waals surface area contributed by atoms with Gasteiger partial charge in [0.2, 0.25) is 0 Å². The van der Waals surface area contributed by atoms with Gasteiger partial charge in [-0.15, -0.1) is 0 Å². The molecule has 1 N–H and O–H groups in total. The SMILES string of the molecule is COc1ccc(C(=O)N2C[C@@H]3C[C@H]2C(=O)N(CC(=O)O)c2ccccc2O3)cc1. The fraction of sp³-hybridized carbons (Fsp3) is 0.286. The Balaban J connectivity index is 1.68. The third-order valence-corrected chi connectivity index (χ3v) is 5.15. The van der Waals surface area contributed by atoms with E-state index in [9.17, 15) is 19.5 Å². The molecule has 1 fully saturated rings. The Hall–Kier alpha value is -3.55. The van der Waals surface area contributed by atoms with Gasteiger partial charge < -0.3 is 19.5 Å². The molecule has 2 bridgehead atoms. The van der Waals surface area contributed by atoms with Gasteiger partial charge in [0.05, 0.1) is 19.3 Å². The molecule has 0 radical (unpaired) electrons. The molecule has 4 rings (SSSR count). The number of amides is 2. The maximum absolute atomic E-state index is 13.3. The van der Waals surface area contributed by atoms with Gasteiger partial charge in [0.15, 0.2) is 0 Å². The summed E-state index contributed by atoms with van der Waals surface area (Å²) in [6.45, 7) is -0.262. The molecule has 2 aromatic rings. The number of aliphatic carboxylic acids is 1. The zero-order valence-corrected chi connectivity index (χ0v) is 15.8. The van der Waals surface area contributed by atoms with Crippen molar-refractivity contribution in [2.75, 3.05) is 25.1 Å². The summed E-state index contributed by atoms with van der Waals surface area (Å²) < 4.78 is 11.2. The van der Waals surface area contributed by atoms with E-state index in [1.807, 2.05) is 0 Å². The van der Waals surface area contributed by atoms with Crippen molar-refractivity contribution in [1.82, 2.24) is 4.90 Å². The Labute approximate surface area is 167 Å². The number of hydrogen-bond acceptors (Lipinski definition) is 5. The lowest BCUT2D eigenvalue weighted by Crippen LogP contribution is -2.49. The summed E-state index contributed by atoms with van der Waals surface area (Å²) >= 11 is 0. The van der Waals surface area contributed by atoms with Crippen molar-refractivity contribution in [3.05, 3.63) is 54.1 Å². The van der Waals surface area contributed by atoms with Crippen LogP contribution in [0, 0.1) is 0 Å². The average molecular weight is 396 g/mol. The number of likely N-dealkylation sites (tertiary alicyclic amines) is 1. The number of carbonyl (C=O) groups excluding carboxylic acids is 2. The van der Waals surface area contributed by atoms with Crippen LogP contribution in [0.25, 0.3) is 0 Å². The van der Waals surface area contributed by atoms with Crippen LogP contribution >= 0.6 is 0 Å². The first-order valence-electron chi connectivity index (χ1n) is 9.22. The van der Waals surface area contributed by atoms with E-state index in [-0.39, 0.29) is 18.6 Å². The van der Waals surface area contributed by atoms with Gasteiger partial charge in [0, 0.05) is 12.0 Å². The van der Waals surface area contributed by atoms with Crippen LogP contribution in [0.5, 0.6) is 11.5 Å². The molecule has 0 aromatic heterocycles. The van der Waals surface area contributed by atoms with Gasteiger partial charge in [-0.3, -0.25) is 19.3 Å². The molecule has 2 aliphatic heterocycles. The van der Waals surface area contributed by atoms with Crippen molar-refractivity contribution >= 4 is 23.5 Å². The van der Waals surface area contributed by atoms with Crippen molar-refractivity contribution in [2.24, 2.45) is 0 Å². The first-order valence-corrected chi connectivity index (χ1v) is 9.22. The van der Waals surface area contributed by atoms with E-state index >= 15 is 0 Å². The van der Waals surface area contributed by atoms with Crippen LogP contribution in [-0.4, -0.2) is 60.1 Å². The number of benzene rings is 2. The number of nitrogens with zero attached hydrogens (tertiary/aromatic N) is 2. The molecular formula is C21H20N2O6. The highest BCUT2D eigenvalue weighted by Crippen LogP contribution is 2.36. The number of rotatable bonds is 4. The van der Waals surface area contributed by atoms with Crippen LogP contribution in [0.2, 0.25) is 0 Å². The van der Waals surface area contributed by atoms with Crippen molar-refractivity contribution < 1.29 is 29.0 Å². The lowest BCUT2D eigenvalue weighted by molar-refractivity contribution is -0.137. The third kappa shape index (κ3) is 3.49. The van der Waals surface area contributed by atoms with Gasteiger partial charge in [-0.2, -0.15) is 0 Å². The van der Waals surface area contributed by atoms with E-state index in [0.29, 0.717) is 29.2 Å². The Morgan fingerprint density at radius 1 is 1.17 bits per heavy atom. The zero-order chi connectivity index (χ0) is 20.5. The Morgan fingerprint density at radius 2 is 1.90 bits per heavy atom. The van der Waals surface area contributed by atoms with Crippen LogP contribution < -0.4 is 14.4 Å². The number of methoxy groups -OCH3 is 1. The maximum atomic E-state index is 13.3. The van der Waals surface area contributed by atoms with E-state index in [1.165, 1.54) is 16.9 Å². The average Bonchev–Trinajstić information content (AvgIpc) is 3.15. The van der Waals surface area contributed by atoms with Crippen molar-refractivity contribution in [1.29, 1.82) is 0 Å². The summed E-state index contributed by atoms with van der Waals surface area (Å²) in [5.74, 6) is -0.816. The summed E-state index contributed by atoms with van der Waals surface area (Å²) in [5, 5.41) is 9.32. The van der Waals surface area contributed by atoms with Crippen LogP contribution in [-0.2, 0) is 9.59 Å². The molecule has 0 saturated carbocycles. The standard InChI is InChI=1S/C21H20N2O6/c1-28-14-8-6-13(7-9-14)20(26)22-11-15-10-17(22)21(27)23(12-19(24)25)16-4-2-3-5-18(16)29-15/h2-9,15,17H,10-12H2,1H3,(H,24,25)/t15-,17-/m0/s1. The topological polar surface area (TPSA) is 96.4 Å². The first-order chi connectivity index (χ1) is 14.0. The molecule has 2 atom stereocenters. The quantitative estimate of drug-likeness (QED) is 0.847. The van der Waals surface area contributed by atoms with Gasteiger partial charge in [-0.05, 0) is 36.4 Å². The molecule has 2 heterocycles. The molecule has 150 valence electrons. The van der Waals surface area contributed by atoms with Crippen LogP contribution in [0.3, 0.4) is 0 Å². The van der Waals surface area contributed by atoms with Gasteiger partial charge in [0.1, 0.15) is 30.2 Å². The van der Waals surface area contributed by atoms with E-state index < -0.39 is 24.5 Å². The molecule has 1 saturated heterocycles. The number of ether oxygens (including phenoxy) is 2. The number of para-hydroxylation sites is 2. The fourth-order valence-electron chi connectivity index (χ4n) is 3.80. The van der Waals surface area contributed by atoms with E-state index in [1.54, 1.807) is 48.5 Å². The van der Waals surface area contributed by atoms with Gasteiger partial charge >= 0.3 is 5.97 Å². The summed E-state index contributed by atoms with van der Waals surface area (Å²) in [6, 6.07) is 12.7. The van der Waals surface area contributed by atoms with E-state index in [2.05, 4.69) is 0 Å². The second-order valence-corrected chi connectivity index (χ2v) is 6.96. The lowest BCUT2D eigenvalue weighted by atomic mass is 10.1. The Bertz CT molecular complexity index is 958. The number of hydrogen-bond donors (Lipinski definition) is 1. The first kappa shape index (κ1) is 18.8. The monoisotopic (exact) mass is 396 g/mol. The minimum absolute atomic E-state index is 0.247. The van der Waals surface area contributed by atoms with E-state index in [0.717, 1.165) is 0 Å². The number of carbonyl (C=O) groups is 3. The van der Waals surface area contributed by atoms with Crippen molar-refractivity contribution in [3.8, 4) is 11.5 Å². The largest absolute Gasteiger partial charge is 0.497 e. The molecule has 8 heteroatoms. The molecule has 0 unspecified atom stereocenters. The molecule has 29 heavy (non-hydrogen) atoms. The molecule has 2 aromatic carbocycles. The third-order valence-electron chi connectivity index (χ3n) is 5.15. The number of fused-ring (bicyclic) bond motifs is 3. The molecule has 0 spiro atoms. The minimum atomic E-state index is -1.14. The zero-order valence-electron chi connectivity index (χ0n) is 15.8. The maximum Gasteiger partial charge on any atom is 0.323 e. The molecule has 0 aliphatic carbocycles. The predicted molar refractivity (Wildman–Crippen MR) is 103 cm³/mol. The second-order valence-electron chi connectivity index (χ2n) is 6.96. The predicted octanol–water partition coefficient (Wildman–Crippen LogP) is 1.79. The van der Waals surface area contributed by atoms with Crippen molar-refractivity contribution in [2.45, 2.75) is 18.6 Å². The minimum Gasteiger partial charge on any atom is -0.497 e. The smallest absolute Gasteiger partial charge is 0.323 e. The summed E-state index contributed by atoms with van der Waals surface area (Å²) in [6.07, 6.45) is -0.0372. The molecule has 8 nitrogen and oxygen atoms in total. The van der Waals surface area contributed by atoms with Gasteiger partial charge in [-0.25, -0.2) is 0 Å². The summed E-state index contributed by atoms with van der Waals surface area (Å²) in [5.41, 5.74) is 0.819. The van der Waals surface area contributed by atoms with Crippen molar-refractivity contribution in [3.63, 3.8) is 0 Å². The molecule has 2 aliphatic rings. The molecular weight excluding hydrogens is 376 g/mol. The van der Waals surface area contributed by atoms with Crippen LogP contribution in [0.4, 0.5) is 5.69 Å². The number of carboxylic acid groups (broad SMARTS) is 1.